The van der Waals surface area contributed by atoms with Crippen LogP contribution in [0.4, 0.5) is 11.5 Å². The van der Waals surface area contributed by atoms with Crippen molar-refractivity contribution in [2.45, 2.75) is 0 Å². The van der Waals surface area contributed by atoms with E-state index in [0.29, 0.717) is 28.0 Å². The normalized spacial score (nSPS) is 10.5. The van der Waals surface area contributed by atoms with E-state index >= 15 is 0 Å². The average molecular weight is 356 g/mol. The van der Waals surface area contributed by atoms with Gasteiger partial charge in [-0.25, -0.2) is 0 Å². The minimum atomic E-state index is -0.261. The van der Waals surface area contributed by atoms with E-state index in [1.54, 1.807) is 42.5 Å². The third kappa shape index (κ3) is 3.55. The molecule has 6 nitrogen and oxygen atoms in total. The number of amides is 2. The van der Waals surface area contributed by atoms with E-state index in [1.165, 1.54) is 0 Å². The van der Waals surface area contributed by atoms with E-state index in [2.05, 4.69) is 20.8 Å². The number of hydrogen-bond acceptors (Lipinski definition) is 3. The Balaban J connectivity index is 1.59. The van der Waals surface area contributed by atoms with Crippen LogP contribution in [0, 0.1) is 0 Å². The van der Waals surface area contributed by atoms with Gasteiger partial charge >= 0.3 is 0 Å². The van der Waals surface area contributed by atoms with Crippen molar-refractivity contribution in [3.8, 4) is 0 Å². The summed E-state index contributed by atoms with van der Waals surface area (Å²) in [6, 6.07) is 23.3. The molecule has 0 aliphatic carbocycles. The smallest absolute Gasteiger partial charge is 0.256 e. The predicted molar refractivity (Wildman–Crippen MR) is 105 cm³/mol. The lowest BCUT2D eigenvalue weighted by Crippen LogP contribution is -2.13. The van der Waals surface area contributed by atoms with Crippen LogP contribution in [0.3, 0.4) is 0 Å². The van der Waals surface area contributed by atoms with Crippen LogP contribution < -0.4 is 10.6 Å². The number of rotatable bonds is 4. The molecule has 1 aromatic heterocycles. The van der Waals surface area contributed by atoms with Gasteiger partial charge in [0.25, 0.3) is 11.8 Å². The molecule has 3 N–H and O–H groups in total. The highest BCUT2D eigenvalue weighted by atomic mass is 16.2. The fourth-order valence-electron chi connectivity index (χ4n) is 2.74. The lowest BCUT2D eigenvalue weighted by molar-refractivity contribution is 0.101. The summed E-state index contributed by atoms with van der Waals surface area (Å²) in [5, 5.41) is 13.3. The minimum Gasteiger partial charge on any atom is -0.322 e. The average Bonchev–Trinajstić information content (AvgIpc) is 3.11. The van der Waals surface area contributed by atoms with Crippen molar-refractivity contribution in [1.29, 1.82) is 0 Å². The fourth-order valence-corrected chi connectivity index (χ4v) is 2.74. The van der Waals surface area contributed by atoms with Gasteiger partial charge < -0.3 is 10.6 Å². The Morgan fingerprint density at radius 3 is 2.15 bits per heavy atom. The van der Waals surface area contributed by atoms with Crippen molar-refractivity contribution in [3.63, 3.8) is 0 Å². The van der Waals surface area contributed by atoms with Gasteiger partial charge in [-0.2, -0.15) is 5.10 Å². The van der Waals surface area contributed by atoms with Gasteiger partial charge in [0.1, 0.15) is 0 Å². The van der Waals surface area contributed by atoms with Crippen LogP contribution in [-0.4, -0.2) is 22.0 Å². The molecule has 0 fully saturated rings. The van der Waals surface area contributed by atoms with Gasteiger partial charge in [0.2, 0.25) is 0 Å². The molecule has 0 saturated carbocycles. The summed E-state index contributed by atoms with van der Waals surface area (Å²) in [4.78, 5) is 24.9. The third-order valence-electron chi connectivity index (χ3n) is 4.12. The number of para-hydroxylation sites is 1. The van der Waals surface area contributed by atoms with E-state index < -0.39 is 0 Å². The number of aromatic amines is 1. The van der Waals surface area contributed by atoms with Crippen LogP contribution in [0.1, 0.15) is 20.7 Å². The van der Waals surface area contributed by atoms with Gasteiger partial charge in [-0.15, -0.1) is 0 Å². The third-order valence-corrected chi connectivity index (χ3v) is 4.12. The summed E-state index contributed by atoms with van der Waals surface area (Å²) in [5.74, 6) is -0.110. The fraction of sp³-hybridized carbons (Fsp3) is 0. The molecule has 0 atom stereocenters. The minimum absolute atomic E-state index is 0.232. The number of carbonyl (C=O) groups is 2. The summed E-state index contributed by atoms with van der Waals surface area (Å²) in [7, 11) is 0. The first-order valence-corrected chi connectivity index (χ1v) is 8.41. The van der Waals surface area contributed by atoms with Gasteiger partial charge in [-0.1, -0.05) is 36.4 Å². The Labute approximate surface area is 155 Å². The largest absolute Gasteiger partial charge is 0.322 e. The summed E-state index contributed by atoms with van der Waals surface area (Å²) >= 11 is 0. The highest BCUT2D eigenvalue weighted by Crippen LogP contribution is 2.23. The topological polar surface area (TPSA) is 86.9 Å². The summed E-state index contributed by atoms with van der Waals surface area (Å²) in [6.45, 7) is 0. The Bertz CT molecular complexity index is 1100. The molecule has 2 amide bonds. The van der Waals surface area contributed by atoms with E-state index in [9.17, 15) is 9.59 Å². The van der Waals surface area contributed by atoms with Gasteiger partial charge in [0.15, 0.2) is 5.82 Å². The van der Waals surface area contributed by atoms with Crippen LogP contribution in [0.5, 0.6) is 0 Å². The molecule has 0 saturated heterocycles. The molecule has 0 bridgehead atoms. The number of H-pyrrole nitrogens is 1. The monoisotopic (exact) mass is 356 g/mol. The predicted octanol–water partition coefficient (Wildman–Crippen LogP) is 4.07. The number of benzene rings is 3. The van der Waals surface area contributed by atoms with Crippen LogP contribution >= 0.6 is 0 Å². The number of fused-ring (bicyclic) bond motifs is 1. The zero-order valence-electron chi connectivity index (χ0n) is 14.3. The Kier molecular flexibility index (Phi) is 4.37. The first-order chi connectivity index (χ1) is 13.2. The molecule has 0 aliphatic rings. The molecule has 1 heterocycles. The Hall–Kier alpha value is -3.93. The van der Waals surface area contributed by atoms with Crippen LogP contribution in [0.15, 0.2) is 78.9 Å². The second kappa shape index (κ2) is 7.13. The van der Waals surface area contributed by atoms with E-state index in [1.807, 2.05) is 36.4 Å². The molecule has 0 radical (unpaired) electrons. The number of aromatic nitrogens is 2. The number of nitrogens with one attached hydrogen (secondary N) is 3. The van der Waals surface area contributed by atoms with Crippen molar-refractivity contribution >= 4 is 34.2 Å². The molecule has 3 aromatic carbocycles. The first kappa shape index (κ1) is 16.5. The van der Waals surface area contributed by atoms with Gasteiger partial charge in [-0.3, -0.25) is 14.7 Å². The van der Waals surface area contributed by atoms with E-state index in [0.717, 1.165) is 5.52 Å². The van der Waals surface area contributed by atoms with Crippen molar-refractivity contribution in [2.75, 3.05) is 10.6 Å². The summed E-state index contributed by atoms with van der Waals surface area (Å²) in [6.07, 6.45) is 0. The molecule has 4 rings (SSSR count). The number of anilines is 2. The van der Waals surface area contributed by atoms with Gasteiger partial charge in [0, 0.05) is 22.2 Å². The molecule has 27 heavy (non-hydrogen) atoms. The summed E-state index contributed by atoms with van der Waals surface area (Å²) < 4.78 is 0. The van der Waals surface area contributed by atoms with Gasteiger partial charge in [-0.05, 0) is 42.5 Å². The molecule has 4 aromatic rings. The van der Waals surface area contributed by atoms with Crippen molar-refractivity contribution in [2.24, 2.45) is 0 Å². The van der Waals surface area contributed by atoms with E-state index in [4.69, 9.17) is 0 Å². The molecular weight excluding hydrogens is 340 g/mol. The van der Waals surface area contributed by atoms with Crippen molar-refractivity contribution in [1.82, 2.24) is 10.2 Å². The lowest BCUT2D eigenvalue weighted by atomic mass is 10.1. The van der Waals surface area contributed by atoms with Crippen molar-refractivity contribution < 1.29 is 9.59 Å². The Morgan fingerprint density at radius 1 is 0.741 bits per heavy atom. The quantitative estimate of drug-likeness (QED) is 0.515. The standard InChI is InChI=1S/C21H16N4O2/c26-20(14-7-3-1-4-8-14)23-19-17-13-15(11-12-18(17)24-25-19)21(27)22-16-9-5-2-6-10-16/h1-13H,(H,22,27)(H2,23,24,25,26). The first-order valence-electron chi connectivity index (χ1n) is 8.41. The number of carbonyl (C=O) groups excluding carboxylic acids is 2. The molecule has 0 unspecified atom stereocenters. The van der Waals surface area contributed by atoms with Crippen LogP contribution in [0.25, 0.3) is 10.9 Å². The second-order valence-electron chi connectivity index (χ2n) is 5.97. The molecule has 0 aliphatic heterocycles. The molecule has 0 spiro atoms. The summed E-state index contributed by atoms with van der Waals surface area (Å²) in [5.41, 5.74) is 2.46. The number of hydrogen-bond donors (Lipinski definition) is 3. The second-order valence-corrected chi connectivity index (χ2v) is 5.97. The Morgan fingerprint density at radius 2 is 1.41 bits per heavy atom. The SMILES string of the molecule is O=C(Nc1ccccc1)c1ccc2[nH]nc(NC(=O)c3ccccc3)c2c1. The highest BCUT2D eigenvalue weighted by molar-refractivity contribution is 6.10. The molecule has 6 heteroatoms. The maximum Gasteiger partial charge on any atom is 0.256 e. The zero-order chi connectivity index (χ0) is 18.6. The maximum absolute atomic E-state index is 12.5. The highest BCUT2D eigenvalue weighted by Gasteiger charge is 2.14. The zero-order valence-corrected chi connectivity index (χ0v) is 14.3. The maximum atomic E-state index is 12.5. The van der Waals surface area contributed by atoms with E-state index in [-0.39, 0.29) is 11.8 Å². The van der Waals surface area contributed by atoms with Crippen LogP contribution in [0.2, 0.25) is 0 Å². The van der Waals surface area contributed by atoms with Crippen molar-refractivity contribution in [3.05, 3.63) is 90.0 Å². The lowest BCUT2D eigenvalue weighted by Gasteiger charge is -2.06. The van der Waals surface area contributed by atoms with Gasteiger partial charge in [0.05, 0.1) is 5.52 Å². The molecular formula is C21H16N4O2. The number of nitrogens with zero attached hydrogens (tertiary/aromatic N) is 1. The van der Waals surface area contributed by atoms with Crippen LogP contribution in [-0.2, 0) is 0 Å². The molecule has 132 valence electrons.